The van der Waals surface area contributed by atoms with Gasteiger partial charge in [-0.15, -0.1) is 0 Å². The molecule has 0 aliphatic carbocycles. The first-order chi connectivity index (χ1) is 13.1. The molecule has 0 spiro atoms. The van der Waals surface area contributed by atoms with Gasteiger partial charge in [0.1, 0.15) is 11.9 Å². The zero-order chi connectivity index (χ0) is 18.8. The normalized spacial score (nSPS) is 19.1. The number of pyridine rings is 1. The van der Waals surface area contributed by atoms with Gasteiger partial charge in [-0.3, -0.25) is 14.7 Å². The van der Waals surface area contributed by atoms with Crippen molar-refractivity contribution >= 4 is 16.7 Å². The van der Waals surface area contributed by atoms with E-state index < -0.39 is 12.0 Å². The molecule has 2 atom stereocenters. The number of rotatable bonds is 4. The smallest absolute Gasteiger partial charge is 0.320 e. The maximum absolute atomic E-state index is 13.5. The number of aliphatic carboxylic acids is 1. The molecule has 138 valence electrons. The van der Waals surface area contributed by atoms with Gasteiger partial charge in [0.05, 0.1) is 6.04 Å². The highest BCUT2D eigenvalue weighted by Crippen LogP contribution is 2.35. The molecule has 4 rings (SSSR count). The van der Waals surface area contributed by atoms with Gasteiger partial charge in [-0.25, -0.2) is 4.39 Å². The fourth-order valence-electron chi connectivity index (χ4n) is 4.02. The van der Waals surface area contributed by atoms with Crippen LogP contribution in [0, 0.1) is 5.82 Å². The highest BCUT2D eigenvalue weighted by molar-refractivity contribution is 5.82. The van der Waals surface area contributed by atoms with E-state index >= 15 is 0 Å². The number of aromatic nitrogens is 1. The number of hydrogen-bond donors (Lipinski definition) is 1. The summed E-state index contributed by atoms with van der Waals surface area (Å²) in [5.74, 6) is -1.10. The van der Waals surface area contributed by atoms with Crippen LogP contribution in [0.25, 0.3) is 10.8 Å². The molecule has 1 saturated heterocycles. The molecule has 0 amide bonds. The minimum absolute atomic E-state index is 0.232. The Bertz CT molecular complexity index is 958. The lowest BCUT2D eigenvalue weighted by molar-refractivity contribution is -0.145. The third kappa shape index (κ3) is 3.55. The lowest BCUT2D eigenvalue weighted by Gasteiger charge is -2.39. The van der Waals surface area contributed by atoms with Crippen LogP contribution in [0.5, 0.6) is 0 Å². The molecule has 4 nitrogen and oxygen atoms in total. The summed E-state index contributed by atoms with van der Waals surface area (Å²) in [7, 11) is 0. The first kappa shape index (κ1) is 17.6. The molecule has 1 aliphatic rings. The Morgan fingerprint density at radius 1 is 1.07 bits per heavy atom. The first-order valence-corrected chi connectivity index (χ1v) is 9.21. The van der Waals surface area contributed by atoms with Crippen molar-refractivity contribution in [3.8, 4) is 0 Å². The number of nitrogens with zero attached hydrogens (tertiary/aromatic N) is 2. The molecule has 2 unspecified atom stereocenters. The molecule has 3 aromatic rings. The van der Waals surface area contributed by atoms with Gasteiger partial charge < -0.3 is 5.11 Å². The molecule has 2 aromatic carbocycles. The lowest BCUT2D eigenvalue weighted by atomic mass is 9.91. The summed E-state index contributed by atoms with van der Waals surface area (Å²) < 4.78 is 13.5. The first-order valence-electron chi connectivity index (χ1n) is 9.21. The second-order valence-electron chi connectivity index (χ2n) is 7.02. The Hall–Kier alpha value is -2.79. The SMILES string of the molecule is O=C(O)C1CCCCN1C(c1ccc(F)cc1)c1ccc2cnccc2c1. The van der Waals surface area contributed by atoms with E-state index in [1.54, 1.807) is 18.3 Å². The Kier molecular flexibility index (Phi) is 4.86. The van der Waals surface area contributed by atoms with Gasteiger partial charge in [0.2, 0.25) is 0 Å². The largest absolute Gasteiger partial charge is 0.480 e. The lowest BCUT2D eigenvalue weighted by Crippen LogP contribution is -2.46. The second kappa shape index (κ2) is 7.45. The number of benzene rings is 2. The fraction of sp³-hybridized carbons (Fsp3) is 0.273. The third-order valence-electron chi connectivity index (χ3n) is 5.33. The van der Waals surface area contributed by atoms with Crippen LogP contribution in [0.1, 0.15) is 36.4 Å². The summed E-state index contributed by atoms with van der Waals surface area (Å²) in [5.41, 5.74) is 1.91. The van der Waals surface area contributed by atoms with Gasteiger partial charge in [-0.1, -0.05) is 30.7 Å². The van der Waals surface area contributed by atoms with E-state index in [0.29, 0.717) is 13.0 Å². The molecule has 1 aromatic heterocycles. The van der Waals surface area contributed by atoms with E-state index in [1.165, 1.54) is 12.1 Å². The number of likely N-dealkylation sites (tertiary alicyclic amines) is 1. The minimum Gasteiger partial charge on any atom is -0.480 e. The number of carboxylic acid groups (broad SMARTS) is 1. The van der Waals surface area contributed by atoms with Gasteiger partial charge in [0.15, 0.2) is 0 Å². The highest BCUT2D eigenvalue weighted by Gasteiger charge is 2.35. The summed E-state index contributed by atoms with van der Waals surface area (Å²) in [6.07, 6.45) is 6.06. The quantitative estimate of drug-likeness (QED) is 0.745. The second-order valence-corrected chi connectivity index (χ2v) is 7.02. The van der Waals surface area contributed by atoms with Crippen molar-refractivity contribution in [2.75, 3.05) is 6.54 Å². The number of carboxylic acids is 1. The van der Waals surface area contributed by atoms with Crippen LogP contribution in [-0.2, 0) is 4.79 Å². The van der Waals surface area contributed by atoms with Crippen molar-refractivity contribution in [2.45, 2.75) is 31.3 Å². The van der Waals surface area contributed by atoms with Gasteiger partial charge in [-0.2, -0.15) is 0 Å². The number of piperidine rings is 1. The van der Waals surface area contributed by atoms with Gasteiger partial charge in [0, 0.05) is 17.8 Å². The molecule has 1 N–H and O–H groups in total. The van der Waals surface area contributed by atoms with Crippen LogP contribution < -0.4 is 0 Å². The van der Waals surface area contributed by atoms with Gasteiger partial charge >= 0.3 is 5.97 Å². The maximum Gasteiger partial charge on any atom is 0.320 e. The number of fused-ring (bicyclic) bond motifs is 1. The summed E-state index contributed by atoms with van der Waals surface area (Å²) in [5, 5.41) is 11.8. The molecule has 0 bridgehead atoms. The summed E-state index contributed by atoms with van der Waals surface area (Å²) in [6, 6.07) is 13.7. The van der Waals surface area contributed by atoms with Gasteiger partial charge in [0.25, 0.3) is 0 Å². The van der Waals surface area contributed by atoms with E-state index in [0.717, 1.165) is 34.7 Å². The van der Waals surface area contributed by atoms with Crippen molar-refractivity contribution in [2.24, 2.45) is 0 Å². The molecule has 27 heavy (non-hydrogen) atoms. The van der Waals surface area contributed by atoms with E-state index in [4.69, 9.17) is 0 Å². The van der Waals surface area contributed by atoms with Crippen molar-refractivity contribution in [1.29, 1.82) is 0 Å². The van der Waals surface area contributed by atoms with E-state index in [1.807, 2.05) is 29.3 Å². The van der Waals surface area contributed by atoms with Crippen molar-refractivity contribution in [3.63, 3.8) is 0 Å². The molecular formula is C22H21FN2O2. The molecular weight excluding hydrogens is 343 g/mol. The number of halogens is 1. The predicted octanol–water partition coefficient (Wildman–Crippen LogP) is 4.40. The average Bonchev–Trinajstić information content (AvgIpc) is 2.70. The van der Waals surface area contributed by atoms with E-state index in [9.17, 15) is 14.3 Å². The standard InChI is InChI=1S/C22H21FN2O2/c23-19-8-6-15(7-9-19)21(25-12-2-1-3-20(25)22(26)27)17-4-5-18-14-24-11-10-16(18)13-17/h4-11,13-14,20-21H,1-3,12H2,(H,26,27). The van der Waals surface area contributed by atoms with Crippen LogP contribution in [0.3, 0.4) is 0 Å². The topological polar surface area (TPSA) is 53.4 Å². The Balaban J connectivity index is 1.83. The Morgan fingerprint density at radius 3 is 2.63 bits per heavy atom. The molecule has 5 heteroatoms. The Labute approximate surface area is 157 Å². The average molecular weight is 364 g/mol. The fourth-order valence-corrected chi connectivity index (χ4v) is 4.02. The molecule has 1 aliphatic heterocycles. The van der Waals surface area contributed by atoms with Crippen LogP contribution in [0.15, 0.2) is 60.9 Å². The highest BCUT2D eigenvalue weighted by atomic mass is 19.1. The van der Waals surface area contributed by atoms with Crippen LogP contribution in [-0.4, -0.2) is 33.5 Å². The van der Waals surface area contributed by atoms with Crippen LogP contribution in [0.4, 0.5) is 4.39 Å². The van der Waals surface area contributed by atoms with Crippen molar-refractivity contribution in [1.82, 2.24) is 9.88 Å². The summed E-state index contributed by atoms with van der Waals surface area (Å²) in [4.78, 5) is 18.1. The Morgan fingerprint density at radius 2 is 1.85 bits per heavy atom. The van der Waals surface area contributed by atoms with Crippen molar-refractivity contribution < 1.29 is 14.3 Å². The maximum atomic E-state index is 13.5. The monoisotopic (exact) mass is 364 g/mol. The van der Waals surface area contributed by atoms with Crippen molar-refractivity contribution in [3.05, 3.63) is 77.9 Å². The van der Waals surface area contributed by atoms with E-state index in [-0.39, 0.29) is 11.9 Å². The van der Waals surface area contributed by atoms with Crippen LogP contribution >= 0.6 is 0 Å². The van der Waals surface area contributed by atoms with Crippen LogP contribution in [0.2, 0.25) is 0 Å². The summed E-state index contributed by atoms with van der Waals surface area (Å²) in [6.45, 7) is 0.702. The molecule has 2 heterocycles. The zero-order valence-corrected chi connectivity index (χ0v) is 14.9. The van der Waals surface area contributed by atoms with E-state index in [2.05, 4.69) is 11.1 Å². The van der Waals surface area contributed by atoms with Gasteiger partial charge in [-0.05, 0) is 60.2 Å². The number of carbonyl (C=O) groups is 1. The predicted molar refractivity (Wildman–Crippen MR) is 102 cm³/mol. The molecule has 1 fully saturated rings. The number of hydrogen-bond acceptors (Lipinski definition) is 3. The third-order valence-corrected chi connectivity index (χ3v) is 5.33. The zero-order valence-electron chi connectivity index (χ0n) is 14.9. The summed E-state index contributed by atoms with van der Waals surface area (Å²) >= 11 is 0. The minimum atomic E-state index is -0.799. The molecule has 0 saturated carbocycles. The molecule has 0 radical (unpaired) electrons.